The normalized spacial score (nSPS) is 12.5. The number of ether oxygens (including phenoxy) is 2. The smallest absolute Gasteiger partial charge is 0.416 e. The molecular weight excluding hydrogens is 415 g/mol. The molecule has 0 radical (unpaired) electrons. The fourth-order valence-corrected chi connectivity index (χ4v) is 2.94. The Morgan fingerprint density at radius 3 is 2.58 bits per heavy atom. The number of benzene rings is 2. The Bertz CT molecular complexity index is 1120. The number of amides is 1. The highest BCUT2D eigenvalue weighted by molar-refractivity contribution is 5.99. The Morgan fingerprint density at radius 2 is 1.90 bits per heavy atom. The van der Waals surface area contributed by atoms with Gasteiger partial charge in [0.1, 0.15) is 11.3 Å². The molecular formula is C22H20F3NO5. The van der Waals surface area contributed by atoms with Gasteiger partial charge in [0, 0.05) is 16.6 Å². The number of alkyl halides is 3. The number of fused-ring (bicyclic) bond motifs is 1. The van der Waals surface area contributed by atoms with Gasteiger partial charge in [-0.25, -0.2) is 4.79 Å². The van der Waals surface area contributed by atoms with Crippen molar-refractivity contribution in [1.82, 2.24) is 0 Å². The van der Waals surface area contributed by atoms with Crippen LogP contribution in [0.4, 0.5) is 18.9 Å². The van der Waals surface area contributed by atoms with E-state index in [1.165, 1.54) is 19.1 Å². The lowest BCUT2D eigenvalue weighted by atomic mass is 10.1. The molecule has 6 nitrogen and oxygen atoms in total. The number of nitrogens with one attached hydrogen (secondary N) is 1. The lowest BCUT2D eigenvalue weighted by molar-refractivity contribution is -0.137. The Labute approximate surface area is 175 Å². The lowest BCUT2D eigenvalue weighted by Crippen LogP contribution is -2.30. The lowest BCUT2D eigenvalue weighted by Gasteiger charge is -2.14. The molecule has 0 aliphatic heterocycles. The first kappa shape index (κ1) is 22.2. The van der Waals surface area contributed by atoms with Gasteiger partial charge < -0.3 is 19.2 Å². The molecule has 1 atom stereocenters. The predicted molar refractivity (Wildman–Crippen MR) is 107 cm³/mol. The number of hydrogen-bond donors (Lipinski definition) is 1. The number of furan rings is 1. The van der Waals surface area contributed by atoms with Crippen LogP contribution in [0.25, 0.3) is 11.0 Å². The fourth-order valence-electron chi connectivity index (χ4n) is 2.94. The molecule has 3 aromatic rings. The number of halogens is 3. The average Bonchev–Trinajstić information content (AvgIpc) is 3.04. The van der Waals surface area contributed by atoms with Gasteiger partial charge in [-0.3, -0.25) is 4.79 Å². The van der Waals surface area contributed by atoms with Crippen LogP contribution in [0, 0.1) is 6.92 Å². The Hall–Kier alpha value is -3.49. The molecule has 0 aliphatic rings. The molecule has 3 rings (SSSR count). The highest BCUT2D eigenvalue weighted by Crippen LogP contribution is 2.31. The minimum absolute atomic E-state index is 0.0638. The van der Waals surface area contributed by atoms with Crippen LogP contribution >= 0.6 is 0 Å². The number of carbonyl (C=O) groups excluding carboxylic acids is 2. The summed E-state index contributed by atoms with van der Waals surface area (Å²) in [5.74, 6) is -1.09. The van der Waals surface area contributed by atoms with Gasteiger partial charge in [-0.2, -0.15) is 13.2 Å². The SMILES string of the molecule is CCOc1ccc2oc(C(=O)O[C@H](C)C(=O)Nc3cccc(C(F)(F)F)c3)c(C)c2c1. The summed E-state index contributed by atoms with van der Waals surface area (Å²) >= 11 is 0. The zero-order valence-electron chi connectivity index (χ0n) is 17.0. The molecule has 1 aromatic heterocycles. The van der Waals surface area contributed by atoms with E-state index in [1.807, 2.05) is 6.92 Å². The molecule has 9 heteroatoms. The summed E-state index contributed by atoms with van der Waals surface area (Å²) in [6.07, 6.45) is -5.81. The zero-order valence-corrected chi connectivity index (χ0v) is 17.0. The van der Waals surface area contributed by atoms with Crippen LogP contribution < -0.4 is 10.1 Å². The summed E-state index contributed by atoms with van der Waals surface area (Å²) in [5.41, 5.74) is 0.00591. The standard InChI is InChI=1S/C22H20F3NO5/c1-4-29-16-8-9-18-17(11-16)12(2)19(31-18)21(28)30-13(3)20(27)26-15-7-5-6-14(10-15)22(23,24)25/h5-11,13H,4H2,1-3H3,(H,26,27)/t13-/m1/s1. The third kappa shape index (κ3) is 4.99. The molecule has 0 fully saturated rings. The largest absolute Gasteiger partial charge is 0.494 e. The van der Waals surface area contributed by atoms with E-state index in [0.717, 1.165) is 12.1 Å². The molecule has 0 spiro atoms. The number of aryl methyl sites for hydroxylation is 1. The molecule has 0 aliphatic carbocycles. The van der Waals surface area contributed by atoms with Crippen molar-refractivity contribution in [2.75, 3.05) is 11.9 Å². The summed E-state index contributed by atoms with van der Waals surface area (Å²) in [7, 11) is 0. The van der Waals surface area contributed by atoms with Crippen molar-refractivity contribution in [3.05, 3.63) is 59.4 Å². The van der Waals surface area contributed by atoms with Crippen molar-refractivity contribution in [2.24, 2.45) is 0 Å². The van der Waals surface area contributed by atoms with Crippen molar-refractivity contribution in [3.63, 3.8) is 0 Å². The molecule has 0 saturated carbocycles. The van der Waals surface area contributed by atoms with E-state index in [-0.39, 0.29) is 11.4 Å². The van der Waals surface area contributed by atoms with E-state index < -0.39 is 29.7 Å². The van der Waals surface area contributed by atoms with E-state index >= 15 is 0 Å². The molecule has 0 unspecified atom stereocenters. The summed E-state index contributed by atoms with van der Waals surface area (Å²) in [5, 5.41) is 2.98. The molecule has 1 heterocycles. The number of anilines is 1. The van der Waals surface area contributed by atoms with Gasteiger partial charge in [-0.05, 0) is 57.2 Å². The maximum absolute atomic E-state index is 12.8. The van der Waals surface area contributed by atoms with Gasteiger partial charge in [0.25, 0.3) is 5.91 Å². The maximum atomic E-state index is 12.8. The minimum atomic E-state index is -4.54. The second-order valence-electron chi connectivity index (χ2n) is 6.76. The van der Waals surface area contributed by atoms with E-state index in [1.54, 1.807) is 25.1 Å². The summed E-state index contributed by atoms with van der Waals surface area (Å²) in [6.45, 7) is 5.31. The van der Waals surface area contributed by atoms with E-state index in [4.69, 9.17) is 13.9 Å². The van der Waals surface area contributed by atoms with E-state index in [9.17, 15) is 22.8 Å². The summed E-state index contributed by atoms with van der Waals surface area (Å²) in [6, 6.07) is 9.26. The first-order chi connectivity index (χ1) is 14.6. The first-order valence-electron chi connectivity index (χ1n) is 9.45. The molecule has 2 aromatic carbocycles. The van der Waals surface area contributed by atoms with Crippen molar-refractivity contribution in [2.45, 2.75) is 33.1 Å². The third-order valence-electron chi connectivity index (χ3n) is 4.51. The van der Waals surface area contributed by atoms with Crippen LogP contribution in [-0.4, -0.2) is 24.6 Å². The van der Waals surface area contributed by atoms with Gasteiger partial charge in [-0.15, -0.1) is 0 Å². The minimum Gasteiger partial charge on any atom is -0.494 e. The topological polar surface area (TPSA) is 77.8 Å². The van der Waals surface area contributed by atoms with E-state index in [0.29, 0.717) is 28.9 Å². The fraction of sp³-hybridized carbons (Fsp3) is 0.273. The average molecular weight is 435 g/mol. The molecule has 31 heavy (non-hydrogen) atoms. The second kappa shape index (κ2) is 8.71. The first-order valence-corrected chi connectivity index (χ1v) is 9.45. The quantitative estimate of drug-likeness (QED) is 0.529. The number of esters is 1. The summed E-state index contributed by atoms with van der Waals surface area (Å²) < 4.78 is 54.6. The maximum Gasteiger partial charge on any atom is 0.416 e. The van der Waals surface area contributed by atoms with Gasteiger partial charge in [0.15, 0.2) is 6.10 Å². The van der Waals surface area contributed by atoms with Crippen LogP contribution in [0.2, 0.25) is 0 Å². The Balaban J connectivity index is 1.71. The number of rotatable bonds is 6. The predicted octanol–water partition coefficient (Wildman–Crippen LogP) is 5.34. The highest BCUT2D eigenvalue weighted by Gasteiger charge is 2.31. The Kier molecular flexibility index (Phi) is 6.24. The molecule has 1 N–H and O–H groups in total. The highest BCUT2D eigenvalue weighted by atomic mass is 19.4. The van der Waals surface area contributed by atoms with Crippen molar-refractivity contribution in [1.29, 1.82) is 0 Å². The van der Waals surface area contributed by atoms with Gasteiger partial charge in [0.2, 0.25) is 5.76 Å². The van der Waals surface area contributed by atoms with Crippen LogP contribution in [0.1, 0.15) is 35.5 Å². The van der Waals surface area contributed by atoms with Crippen molar-refractivity contribution in [3.8, 4) is 5.75 Å². The molecule has 164 valence electrons. The zero-order chi connectivity index (χ0) is 22.8. The van der Waals surface area contributed by atoms with Crippen LogP contribution in [0.5, 0.6) is 5.75 Å². The van der Waals surface area contributed by atoms with Crippen LogP contribution in [-0.2, 0) is 15.7 Å². The van der Waals surface area contributed by atoms with Gasteiger partial charge in [0.05, 0.1) is 12.2 Å². The van der Waals surface area contributed by atoms with Crippen molar-refractivity contribution < 1.29 is 36.7 Å². The summed E-state index contributed by atoms with van der Waals surface area (Å²) in [4.78, 5) is 24.8. The van der Waals surface area contributed by atoms with Crippen molar-refractivity contribution >= 4 is 28.5 Å². The van der Waals surface area contributed by atoms with E-state index in [2.05, 4.69) is 5.32 Å². The third-order valence-corrected chi connectivity index (χ3v) is 4.51. The van der Waals surface area contributed by atoms with Gasteiger partial charge >= 0.3 is 12.1 Å². The monoisotopic (exact) mass is 435 g/mol. The number of carbonyl (C=O) groups is 2. The number of hydrogen-bond acceptors (Lipinski definition) is 5. The van der Waals surface area contributed by atoms with Crippen LogP contribution in [0.3, 0.4) is 0 Å². The molecule has 1 amide bonds. The molecule has 0 bridgehead atoms. The van der Waals surface area contributed by atoms with Crippen LogP contribution in [0.15, 0.2) is 46.9 Å². The van der Waals surface area contributed by atoms with Gasteiger partial charge in [-0.1, -0.05) is 6.07 Å². The molecule has 0 saturated heterocycles. The Morgan fingerprint density at radius 1 is 1.16 bits per heavy atom. The second-order valence-corrected chi connectivity index (χ2v) is 6.76.